The molecule has 1 N–H and O–H groups in total. The van der Waals surface area contributed by atoms with Crippen LogP contribution in [0.3, 0.4) is 0 Å². The molecule has 2 aromatic rings. The average molecular weight is 387 g/mol. The maximum Gasteiger partial charge on any atom is 0.246 e. The summed E-state index contributed by atoms with van der Waals surface area (Å²) in [6, 6.07) is 5.37. The number of halogens is 1. The summed E-state index contributed by atoms with van der Waals surface area (Å²) >= 11 is 3.41. The van der Waals surface area contributed by atoms with E-state index in [4.69, 9.17) is 9.26 Å². The highest BCUT2D eigenvalue weighted by Crippen LogP contribution is 2.28. The molecule has 118 valence electrons. The van der Waals surface area contributed by atoms with Crippen LogP contribution in [-0.2, 0) is 16.4 Å². The quantitative estimate of drug-likeness (QED) is 0.875. The number of rotatable bonds is 3. The number of hydrogen-bond donors (Lipinski definition) is 1. The van der Waals surface area contributed by atoms with Gasteiger partial charge in [0.05, 0.1) is 6.04 Å². The molecule has 1 aromatic heterocycles. The van der Waals surface area contributed by atoms with Gasteiger partial charge in [0.2, 0.25) is 10.0 Å². The molecule has 2 heterocycles. The largest absolute Gasteiger partial charge is 0.492 e. The van der Waals surface area contributed by atoms with Crippen LogP contribution in [0, 0.1) is 13.8 Å². The zero-order valence-electron chi connectivity index (χ0n) is 12.1. The van der Waals surface area contributed by atoms with Gasteiger partial charge in [-0.1, -0.05) is 21.1 Å². The number of nitrogens with zero attached hydrogens (tertiary/aromatic N) is 1. The molecule has 0 saturated carbocycles. The second kappa shape index (κ2) is 5.68. The van der Waals surface area contributed by atoms with E-state index in [1.54, 1.807) is 13.8 Å². The van der Waals surface area contributed by atoms with Crippen LogP contribution in [0.2, 0.25) is 0 Å². The van der Waals surface area contributed by atoms with E-state index in [9.17, 15) is 8.42 Å². The first-order chi connectivity index (χ1) is 10.4. The molecule has 1 unspecified atom stereocenters. The van der Waals surface area contributed by atoms with Crippen molar-refractivity contribution in [3.63, 3.8) is 0 Å². The minimum absolute atomic E-state index is 0.104. The number of sulfonamides is 1. The monoisotopic (exact) mass is 386 g/mol. The number of hydrogen-bond acceptors (Lipinski definition) is 5. The summed E-state index contributed by atoms with van der Waals surface area (Å²) in [5.74, 6) is 1.07. The fraction of sp³-hybridized carbons (Fsp3) is 0.357. The topological polar surface area (TPSA) is 81.4 Å². The van der Waals surface area contributed by atoms with Crippen LogP contribution in [0.15, 0.2) is 32.1 Å². The fourth-order valence-electron chi connectivity index (χ4n) is 2.58. The summed E-state index contributed by atoms with van der Waals surface area (Å²) in [5, 5.41) is 3.69. The first-order valence-electron chi connectivity index (χ1n) is 6.73. The van der Waals surface area contributed by atoms with Crippen LogP contribution in [0.1, 0.15) is 17.0 Å². The molecule has 22 heavy (non-hydrogen) atoms. The average Bonchev–Trinajstić information content (AvgIpc) is 2.78. The van der Waals surface area contributed by atoms with Crippen LogP contribution in [0.5, 0.6) is 5.75 Å². The molecule has 0 aliphatic carbocycles. The van der Waals surface area contributed by atoms with Gasteiger partial charge in [0.15, 0.2) is 5.76 Å². The van der Waals surface area contributed by atoms with Crippen LogP contribution in [0.4, 0.5) is 0 Å². The molecule has 0 spiro atoms. The van der Waals surface area contributed by atoms with E-state index < -0.39 is 10.0 Å². The van der Waals surface area contributed by atoms with E-state index >= 15 is 0 Å². The summed E-state index contributed by atoms with van der Waals surface area (Å²) in [4.78, 5) is 0.104. The molecule has 1 aliphatic rings. The van der Waals surface area contributed by atoms with Gasteiger partial charge in [-0.2, -0.15) is 0 Å². The van der Waals surface area contributed by atoms with Crippen molar-refractivity contribution >= 4 is 26.0 Å². The van der Waals surface area contributed by atoms with Crippen molar-refractivity contribution in [3.8, 4) is 5.75 Å². The van der Waals surface area contributed by atoms with Crippen LogP contribution < -0.4 is 9.46 Å². The van der Waals surface area contributed by atoms with E-state index in [2.05, 4.69) is 25.8 Å². The maximum atomic E-state index is 12.5. The van der Waals surface area contributed by atoms with E-state index in [1.165, 1.54) is 0 Å². The number of benzene rings is 1. The van der Waals surface area contributed by atoms with Crippen molar-refractivity contribution in [1.82, 2.24) is 9.88 Å². The predicted octanol–water partition coefficient (Wildman–Crippen LogP) is 2.34. The summed E-state index contributed by atoms with van der Waals surface area (Å²) in [6.45, 7) is 3.48. The number of nitrogens with one attached hydrogen (secondary N) is 1. The van der Waals surface area contributed by atoms with E-state index in [0.29, 0.717) is 12.1 Å². The standard InChI is InChI=1S/C14H15BrN2O4S/c1-8-14(9(2)21-16-8)22(18,19)17-12-6-10-5-11(15)3-4-13(10)20-7-12/h3-5,12,17H,6-7H2,1-2H3. The number of ether oxygens (including phenoxy) is 1. The maximum absolute atomic E-state index is 12.5. The fourth-order valence-corrected chi connectivity index (χ4v) is 4.53. The minimum Gasteiger partial charge on any atom is -0.492 e. The molecule has 0 fully saturated rings. The van der Waals surface area contributed by atoms with Crippen LogP contribution >= 0.6 is 15.9 Å². The first-order valence-corrected chi connectivity index (χ1v) is 9.01. The molecule has 8 heteroatoms. The third-order valence-corrected chi connectivity index (χ3v) is 5.74. The molecule has 1 atom stereocenters. The molecule has 6 nitrogen and oxygen atoms in total. The van der Waals surface area contributed by atoms with Crippen molar-refractivity contribution in [3.05, 3.63) is 39.7 Å². The third kappa shape index (κ3) is 2.90. The van der Waals surface area contributed by atoms with E-state index in [1.807, 2.05) is 18.2 Å². The second-order valence-electron chi connectivity index (χ2n) is 5.24. The molecule has 1 aromatic carbocycles. The predicted molar refractivity (Wildman–Crippen MR) is 83.4 cm³/mol. The van der Waals surface area contributed by atoms with Crippen molar-refractivity contribution in [2.45, 2.75) is 31.2 Å². The molecule has 0 bridgehead atoms. The van der Waals surface area contributed by atoms with Gasteiger partial charge in [0.25, 0.3) is 0 Å². The Hall–Kier alpha value is -1.38. The van der Waals surface area contributed by atoms with Gasteiger partial charge in [-0.3, -0.25) is 0 Å². The lowest BCUT2D eigenvalue weighted by molar-refractivity contribution is 0.254. The molecular weight excluding hydrogens is 372 g/mol. The number of aromatic nitrogens is 1. The molecular formula is C14H15BrN2O4S. The Balaban J connectivity index is 1.83. The highest BCUT2D eigenvalue weighted by atomic mass is 79.9. The molecule has 1 aliphatic heterocycles. The Morgan fingerprint density at radius 3 is 2.82 bits per heavy atom. The molecule has 0 amide bonds. The Labute approximate surface area is 137 Å². The van der Waals surface area contributed by atoms with Crippen molar-refractivity contribution < 1.29 is 17.7 Å². The molecule has 0 saturated heterocycles. The van der Waals surface area contributed by atoms with Gasteiger partial charge < -0.3 is 9.26 Å². The Kier molecular flexibility index (Phi) is 4.00. The third-order valence-electron chi connectivity index (χ3n) is 3.49. The van der Waals surface area contributed by atoms with Gasteiger partial charge in [0.1, 0.15) is 22.9 Å². The highest BCUT2D eigenvalue weighted by molar-refractivity contribution is 9.10. The van der Waals surface area contributed by atoms with Crippen molar-refractivity contribution in [2.75, 3.05) is 6.61 Å². The zero-order chi connectivity index (χ0) is 15.9. The van der Waals surface area contributed by atoms with E-state index in [0.717, 1.165) is 15.8 Å². The van der Waals surface area contributed by atoms with E-state index in [-0.39, 0.29) is 23.3 Å². The Morgan fingerprint density at radius 2 is 2.14 bits per heavy atom. The van der Waals surface area contributed by atoms with Gasteiger partial charge in [-0.15, -0.1) is 0 Å². The summed E-state index contributed by atoms with van der Waals surface area (Å²) in [5.41, 5.74) is 1.32. The van der Waals surface area contributed by atoms with Gasteiger partial charge >= 0.3 is 0 Å². The number of fused-ring (bicyclic) bond motifs is 1. The summed E-state index contributed by atoms with van der Waals surface area (Å²) in [6.07, 6.45) is 0.567. The summed E-state index contributed by atoms with van der Waals surface area (Å²) < 4.78 is 39.2. The lowest BCUT2D eigenvalue weighted by Crippen LogP contribution is -2.42. The Morgan fingerprint density at radius 1 is 1.36 bits per heavy atom. The smallest absolute Gasteiger partial charge is 0.246 e. The minimum atomic E-state index is -3.69. The van der Waals surface area contributed by atoms with Gasteiger partial charge in [-0.05, 0) is 44.0 Å². The SMILES string of the molecule is Cc1noc(C)c1S(=O)(=O)NC1COc2ccc(Br)cc2C1. The molecule has 3 rings (SSSR count). The summed E-state index contributed by atoms with van der Waals surface area (Å²) in [7, 11) is -3.69. The zero-order valence-corrected chi connectivity index (χ0v) is 14.5. The lowest BCUT2D eigenvalue weighted by Gasteiger charge is -2.26. The van der Waals surface area contributed by atoms with Gasteiger partial charge in [-0.25, -0.2) is 13.1 Å². The van der Waals surface area contributed by atoms with Crippen molar-refractivity contribution in [1.29, 1.82) is 0 Å². The normalized spacial score (nSPS) is 17.9. The van der Waals surface area contributed by atoms with Gasteiger partial charge in [0, 0.05) is 4.47 Å². The second-order valence-corrected chi connectivity index (χ2v) is 7.81. The van der Waals surface area contributed by atoms with Crippen LogP contribution in [-0.4, -0.2) is 26.2 Å². The van der Waals surface area contributed by atoms with Crippen molar-refractivity contribution in [2.24, 2.45) is 0 Å². The first kappa shape index (κ1) is 15.5. The lowest BCUT2D eigenvalue weighted by atomic mass is 10.0. The number of aryl methyl sites for hydroxylation is 2. The highest BCUT2D eigenvalue weighted by Gasteiger charge is 2.29. The molecule has 0 radical (unpaired) electrons. The Bertz CT molecular complexity index is 797. The van der Waals surface area contributed by atoms with Crippen LogP contribution in [0.25, 0.3) is 0 Å².